The molecule has 0 saturated heterocycles. The van der Waals surface area contributed by atoms with Gasteiger partial charge in [-0.05, 0) is 5.56 Å². The van der Waals surface area contributed by atoms with Crippen LogP contribution >= 0.6 is 23.2 Å². The summed E-state index contributed by atoms with van der Waals surface area (Å²) in [6, 6.07) is 9.71. The Morgan fingerprint density at radius 2 is 1.88 bits per heavy atom. The maximum atomic E-state index is 5.90. The van der Waals surface area contributed by atoms with Crippen LogP contribution in [-0.4, -0.2) is 10.2 Å². The number of aromatic nitrogens is 2. The molecule has 1 heterocycles. The molecule has 0 aliphatic carbocycles. The number of halogens is 2. The minimum atomic E-state index is 0.248. The van der Waals surface area contributed by atoms with E-state index in [9.17, 15) is 0 Å². The Balaban J connectivity index is 2.08. The van der Waals surface area contributed by atoms with Crippen molar-refractivity contribution in [1.82, 2.24) is 10.2 Å². The van der Waals surface area contributed by atoms with Gasteiger partial charge in [0.05, 0.1) is 11.2 Å². The van der Waals surface area contributed by atoms with Gasteiger partial charge in [-0.2, -0.15) is 5.10 Å². The third-order valence-electron chi connectivity index (χ3n) is 1.94. The fourth-order valence-electron chi connectivity index (χ4n) is 1.15. The molecule has 3 nitrogen and oxygen atoms in total. The van der Waals surface area contributed by atoms with Crippen LogP contribution in [0, 0.1) is 0 Å². The average molecular weight is 255 g/mol. The quantitative estimate of drug-likeness (QED) is 0.843. The van der Waals surface area contributed by atoms with Crippen LogP contribution in [0.5, 0.6) is 5.88 Å². The molecule has 0 saturated carbocycles. The summed E-state index contributed by atoms with van der Waals surface area (Å²) in [4.78, 5) is 0. The Morgan fingerprint density at radius 3 is 2.62 bits per heavy atom. The molecule has 0 bridgehead atoms. The summed E-state index contributed by atoms with van der Waals surface area (Å²) in [6.07, 6.45) is 1.37. The van der Waals surface area contributed by atoms with Crippen LogP contribution in [-0.2, 0) is 6.61 Å². The van der Waals surface area contributed by atoms with Crippen molar-refractivity contribution in [1.29, 1.82) is 0 Å². The van der Waals surface area contributed by atoms with Crippen molar-refractivity contribution >= 4 is 23.2 Å². The first kappa shape index (κ1) is 11.2. The second-order valence-electron chi connectivity index (χ2n) is 3.09. The van der Waals surface area contributed by atoms with Crippen LogP contribution in [0.1, 0.15) is 5.56 Å². The third kappa shape index (κ3) is 2.62. The molecule has 16 heavy (non-hydrogen) atoms. The SMILES string of the molecule is Clc1cnnc(OCc2ccccc2)c1Cl. The zero-order chi connectivity index (χ0) is 11.4. The van der Waals surface area contributed by atoms with Gasteiger partial charge in [-0.3, -0.25) is 0 Å². The van der Waals surface area contributed by atoms with E-state index in [1.807, 2.05) is 30.3 Å². The first-order chi connectivity index (χ1) is 7.77. The molecular weight excluding hydrogens is 247 g/mol. The number of rotatable bonds is 3. The lowest BCUT2D eigenvalue weighted by Crippen LogP contribution is -1.98. The summed E-state index contributed by atoms with van der Waals surface area (Å²) in [7, 11) is 0. The van der Waals surface area contributed by atoms with Crippen molar-refractivity contribution in [3.63, 3.8) is 0 Å². The maximum absolute atomic E-state index is 5.90. The molecule has 0 fully saturated rings. The van der Waals surface area contributed by atoms with E-state index >= 15 is 0 Å². The Hall–Kier alpha value is -1.32. The summed E-state index contributed by atoms with van der Waals surface area (Å²) in [6.45, 7) is 0.385. The minimum absolute atomic E-state index is 0.248. The number of hydrogen-bond acceptors (Lipinski definition) is 3. The Labute approximate surface area is 103 Å². The van der Waals surface area contributed by atoms with Crippen LogP contribution in [0.4, 0.5) is 0 Å². The highest BCUT2D eigenvalue weighted by Crippen LogP contribution is 2.28. The van der Waals surface area contributed by atoms with E-state index in [4.69, 9.17) is 27.9 Å². The van der Waals surface area contributed by atoms with Crippen LogP contribution < -0.4 is 4.74 Å². The molecule has 5 heteroatoms. The minimum Gasteiger partial charge on any atom is -0.471 e. The molecule has 82 valence electrons. The fraction of sp³-hybridized carbons (Fsp3) is 0.0909. The summed E-state index contributed by atoms with van der Waals surface area (Å²) in [5, 5.41) is 8.05. The lowest BCUT2D eigenvalue weighted by atomic mass is 10.2. The van der Waals surface area contributed by atoms with Gasteiger partial charge in [0.2, 0.25) is 0 Å². The number of hydrogen-bond donors (Lipinski definition) is 0. The largest absolute Gasteiger partial charge is 0.471 e. The van der Waals surface area contributed by atoms with Gasteiger partial charge in [-0.25, -0.2) is 0 Å². The lowest BCUT2D eigenvalue weighted by molar-refractivity contribution is 0.290. The predicted molar refractivity (Wildman–Crippen MR) is 62.8 cm³/mol. The van der Waals surface area contributed by atoms with Gasteiger partial charge in [0, 0.05) is 0 Å². The Kier molecular flexibility index (Phi) is 3.59. The molecule has 0 aliphatic heterocycles. The highest BCUT2D eigenvalue weighted by Gasteiger charge is 2.08. The molecule has 0 unspecified atom stereocenters. The molecule has 0 spiro atoms. The van der Waals surface area contributed by atoms with Gasteiger partial charge < -0.3 is 4.74 Å². The number of benzene rings is 1. The summed E-state index contributed by atoms with van der Waals surface area (Å²) < 4.78 is 5.41. The van der Waals surface area contributed by atoms with Crippen molar-refractivity contribution in [3.05, 3.63) is 52.1 Å². The standard InChI is InChI=1S/C11H8Cl2N2O/c12-9-6-14-15-11(10(9)13)16-7-8-4-2-1-3-5-8/h1-6H,7H2. The summed E-state index contributed by atoms with van der Waals surface area (Å²) in [5.41, 5.74) is 1.03. The van der Waals surface area contributed by atoms with Crippen LogP contribution in [0.15, 0.2) is 36.5 Å². The van der Waals surface area contributed by atoms with Gasteiger partial charge in [0.1, 0.15) is 11.6 Å². The van der Waals surface area contributed by atoms with Crippen molar-refractivity contribution in [3.8, 4) is 5.88 Å². The van der Waals surface area contributed by atoms with E-state index in [1.165, 1.54) is 6.20 Å². The number of nitrogens with zero attached hydrogens (tertiary/aromatic N) is 2. The van der Waals surface area contributed by atoms with Crippen LogP contribution in [0.25, 0.3) is 0 Å². The van der Waals surface area contributed by atoms with E-state index in [1.54, 1.807) is 0 Å². The van der Waals surface area contributed by atoms with E-state index < -0.39 is 0 Å². The molecule has 0 radical (unpaired) electrons. The monoisotopic (exact) mass is 254 g/mol. The predicted octanol–water partition coefficient (Wildman–Crippen LogP) is 3.36. The molecule has 2 aromatic rings. The second kappa shape index (κ2) is 5.14. The van der Waals surface area contributed by atoms with E-state index in [2.05, 4.69) is 10.2 Å². The highest BCUT2D eigenvalue weighted by molar-refractivity contribution is 6.42. The molecule has 0 N–H and O–H groups in total. The maximum Gasteiger partial charge on any atom is 0.254 e. The van der Waals surface area contributed by atoms with Gasteiger partial charge in [0.15, 0.2) is 0 Å². The van der Waals surface area contributed by atoms with Gasteiger partial charge in [-0.15, -0.1) is 5.10 Å². The normalized spacial score (nSPS) is 10.1. The number of ether oxygens (including phenoxy) is 1. The van der Waals surface area contributed by atoms with Crippen LogP contribution in [0.2, 0.25) is 10.0 Å². The molecule has 1 aromatic heterocycles. The topological polar surface area (TPSA) is 35.0 Å². The van der Waals surface area contributed by atoms with Crippen molar-refractivity contribution < 1.29 is 4.74 Å². The zero-order valence-corrected chi connectivity index (χ0v) is 9.74. The van der Waals surface area contributed by atoms with Gasteiger partial charge in [-0.1, -0.05) is 53.5 Å². The fourth-order valence-corrected chi connectivity index (χ4v) is 1.42. The van der Waals surface area contributed by atoms with Gasteiger partial charge in [0.25, 0.3) is 5.88 Å². The van der Waals surface area contributed by atoms with E-state index in [0.717, 1.165) is 5.56 Å². The van der Waals surface area contributed by atoms with E-state index in [0.29, 0.717) is 11.6 Å². The Morgan fingerprint density at radius 1 is 1.12 bits per heavy atom. The third-order valence-corrected chi connectivity index (χ3v) is 2.68. The first-order valence-corrected chi connectivity index (χ1v) is 5.36. The molecule has 0 aliphatic rings. The molecule has 2 rings (SSSR count). The zero-order valence-electron chi connectivity index (χ0n) is 8.23. The molecule has 0 amide bonds. The van der Waals surface area contributed by atoms with Crippen molar-refractivity contribution in [2.24, 2.45) is 0 Å². The highest BCUT2D eigenvalue weighted by atomic mass is 35.5. The smallest absolute Gasteiger partial charge is 0.254 e. The summed E-state index contributed by atoms with van der Waals surface area (Å²) >= 11 is 11.7. The molecule has 1 aromatic carbocycles. The molecular formula is C11H8Cl2N2O. The van der Waals surface area contributed by atoms with Crippen LogP contribution in [0.3, 0.4) is 0 Å². The lowest BCUT2D eigenvalue weighted by Gasteiger charge is -2.06. The first-order valence-electron chi connectivity index (χ1n) is 4.61. The van der Waals surface area contributed by atoms with Gasteiger partial charge >= 0.3 is 0 Å². The van der Waals surface area contributed by atoms with E-state index in [-0.39, 0.29) is 10.9 Å². The average Bonchev–Trinajstić information content (AvgIpc) is 2.32. The second-order valence-corrected chi connectivity index (χ2v) is 3.87. The van der Waals surface area contributed by atoms with Crippen molar-refractivity contribution in [2.75, 3.05) is 0 Å². The van der Waals surface area contributed by atoms with Crippen molar-refractivity contribution in [2.45, 2.75) is 6.61 Å². The Bertz CT molecular complexity index is 477. The molecule has 0 atom stereocenters. The summed E-state index contributed by atoms with van der Waals surface area (Å²) in [5.74, 6) is 0.248.